The molecule has 2 aliphatic rings. The lowest BCUT2D eigenvalue weighted by Crippen LogP contribution is -2.33. The SMILES string of the molecule is CNCC1CCN(CC2(C)CCCC2)C1. The first kappa shape index (κ1) is 11.4. The minimum Gasteiger partial charge on any atom is -0.319 e. The second kappa shape index (κ2) is 4.84. The van der Waals surface area contributed by atoms with Gasteiger partial charge in [0.1, 0.15) is 0 Å². The van der Waals surface area contributed by atoms with Gasteiger partial charge in [-0.1, -0.05) is 19.8 Å². The molecule has 1 saturated carbocycles. The van der Waals surface area contributed by atoms with Crippen molar-refractivity contribution in [3.05, 3.63) is 0 Å². The van der Waals surface area contributed by atoms with E-state index in [0.29, 0.717) is 5.41 Å². The summed E-state index contributed by atoms with van der Waals surface area (Å²) in [7, 11) is 2.07. The second-order valence-electron chi connectivity index (χ2n) is 5.97. The van der Waals surface area contributed by atoms with Crippen molar-refractivity contribution in [1.29, 1.82) is 0 Å². The van der Waals surface area contributed by atoms with Crippen molar-refractivity contribution in [3.8, 4) is 0 Å². The number of hydrogen-bond donors (Lipinski definition) is 1. The van der Waals surface area contributed by atoms with Gasteiger partial charge in [-0.2, -0.15) is 0 Å². The first-order chi connectivity index (χ1) is 7.22. The first-order valence-corrected chi connectivity index (χ1v) is 6.59. The van der Waals surface area contributed by atoms with Gasteiger partial charge in [0, 0.05) is 13.1 Å². The van der Waals surface area contributed by atoms with E-state index in [1.165, 1.54) is 58.3 Å². The number of hydrogen-bond acceptors (Lipinski definition) is 2. The number of nitrogens with one attached hydrogen (secondary N) is 1. The van der Waals surface area contributed by atoms with E-state index in [0.717, 1.165) is 5.92 Å². The van der Waals surface area contributed by atoms with Crippen LogP contribution in [0.2, 0.25) is 0 Å². The lowest BCUT2D eigenvalue weighted by atomic mass is 9.88. The Balaban J connectivity index is 1.76. The summed E-state index contributed by atoms with van der Waals surface area (Å²) < 4.78 is 0. The fraction of sp³-hybridized carbons (Fsp3) is 1.00. The topological polar surface area (TPSA) is 15.3 Å². The fourth-order valence-electron chi connectivity index (χ4n) is 3.44. The molecular weight excluding hydrogens is 184 g/mol. The van der Waals surface area contributed by atoms with Crippen LogP contribution < -0.4 is 5.32 Å². The molecule has 0 amide bonds. The van der Waals surface area contributed by atoms with Gasteiger partial charge in [0.05, 0.1) is 0 Å². The summed E-state index contributed by atoms with van der Waals surface area (Å²) >= 11 is 0. The highest BCUT2D eigenvalue weighted by atomic mass is 15.2. The Morgan fingerprint density at radius 2 is 2.07 bits per heavy atom. The van der Waals surface area contributed by atoms with Crippen LogP contribution in [0.1, 0.15) is 39.0 Å². The molecule has 0 aromatic rings. The van der Waals surface area contributed by atoms with Gasteiger partial charge in [0.2, 0.25) is 0 Å². The molecule has 0 aromatic carbocycles. The summed E-state index contributed by atoms with van der Waals surface area (Å²) in [6.45, 7) is 7.71. The molecule has 1 N–H and O–H groups in total. The van der Waals surface area contributed by atoms with E-state index in [-0.39, 0.29) is 0 Å². The van der Waals surface area contributed by atoms with Crippen LogP contribution in [0.25, 0.3) is 0 Å². The van der Waals surface area contributed by atoms with Crippen molar-refractivity contribution in [3.63, 3.8) is 0 Å². The molecular formula is C13H26N2. The Morgan fingerprint density at radius 1 is 1.33 bits per heavy atom. The molecule has 1 aliphatic heterocycles. The molecule has 1 unspecified atom stereocenters. The van der Waals surface area contributed by atoms with Crippen LogP contribution in [0.3, 0.4) is 0 Å². The van der Waals surface area contributed by atoms with Gasteiger partial charge < -0.3 is 10.2 Å². The molecule has 88 valence electrons. The van der Waals surface area contributed by atoms with Crippen LogP contribution in [0.5, 0.6) is 0 Å². The second-order valence-corrected chi connectivity index (χ2v) is 5.97. The zero-order valence-corrected chi connectivity index (χ0v) is 10.4. The highest BCUT2D eigenvalue weighted by Gasteiger charge is 2.33. The van der Waals surface area contributed by atoms with Crippen LogP contribution in [0.15, 0.2) is 0 Å². The average Bonchev–Trinajstić information content (AvgIpc) is 2.77. The highest BCUT2D eigenvalue weighted by molar-refractivity contribution is 4.86. The van der Waals surface area contributed by atoms with Crippen molar-refractivity contribution in [1.82, 2.24) is 10.2 Å². The number of likely N-dealkylation sites (tertiary alicyclic amines) is 1. The lowest BCUT2D eigenvalue weighted by Gasteiger charge is -2.29. The predicted octanol–water partition coefficient (Wildman–Crippen LogP) is 2.11. The summed E-state index contributed by atoms with van der Waals surface area (Å²) in [4.78, 5) is 2.70. The van der Waals surface area contributed by atoms with E-state index < -0.39 is 0 Å². The van der Waals surface area contributed by atoms with Crippen molar-refractivity contribution in [2.24, 2.45) is 11.3 Å². The van der Waals surface area contributed by atoms with Crippen molar-refractivity contribution in [2.45, 2.75) is 39.0 Å². The Hall–Kier alpha value is -0.0800. The Morgan fingerprint density at radius 3 is 2.73 bits per heavy atom. The van der Waals surface area contributed by atoms with Crippen LogP contribution in [0.4, 0.5) is 0 Å². The van der Waals surface area contributed by atoms with Crippen molar-refractivity contribution in [2.75, 3.05) is 33.2 Å². The van der Waals surface area contributed by atoms with Gasteiger partial charge in [-0.25, -0.2) is 0 Å². The Bertz CT molecular complexity index is 197. The minimum absolute atomic E-state index is 0.647. The molecule has 0 spiro atoms. The smallest absolute Gasteiger partial charge is 0.00354 e. The van der Waals surface area contributed by atoms with Gasteiger partial charge in [0.25, 0.3) is 0 Å². The summed E-state index contributed by atoms with van der Waals surface area (Å²) in [6.07, 6.45) is 7.24. The maximum Gasteiger partial charge on any atom is 0.00354 e. The maximum atomic E-state index is 3.31. The zero-order chi connectivity index (χ0) is 10.7. The predicted molar refractivity (Wildman–Crippen MR) is 65.0 cm³/mol. The standard InChI is InChI=1S/C13H26N2/c1-13(6-3-4-7-13)11-15-8-5-12(10-15)9-14-2/h12,14H,3-11H2,1-2H3. The first-order valence-electron chi connectivity index (χ1n) is 6.59. The Kier molecular flexibility index (Phi) is 3.68. The van der Waals surface area contributed by atoms with Gasteiger partial charge in [0.15, 0.2) is 0 Å². The summed E-state index contributed by atoms with van der Waals surface area (Å²) in [6, 6.07) is 0. The zero-order valence-electron chi connectivity index (χ0n) is 10.4. The number of rotatable bonds is 4. The number of nitrogens with zero attached hydrogens (tertiary/aromatic N) is 1. The van der Waals surface area contributed by atoms with E-state index in [2.05, 4.69) is 24.2 Å². The maximum absolute atomic E-state index is 3.31. The van der Waals surface area contributed by atoms with Gasteiger partial charge in [-0.3, -0.25) is 0 Å². The Labute approximate surface area is 94.4 Å². The monoisotopic (exact) mass is 210 g/mol. The van der Waals surface area contributed by atoms with E-state index in [1.54, 1.807) is 0 Å². The molecule has 0 radical (unpaired) electrons. The molecule has 1 atom stereocenters. The third kappa shape index (κ3) is 2.94. The molecule has 0 bridgehead atoms. The van der Waals surface area contributed by atoms with E-state index >= 15 is 0 Å². The third-order valence-electron chi connectivity index (χ3n) is 4.28. The third-order valence-corrected chi connectivity index (χ3v) is 4.28. The lowest BCUT2D eigenvalue weighted by molar-refractivity contribution is 0.191. The molecule has 2 heteroatoms. The fourth-order valence-corrected chi connectivity index (χ4v) is 3.44. The molecule has 1 saturated heterocycles. The van der Waals surface area contributed by atoms with Crippen LogP contribution in [-0.2, 0) is 0 Å². The van der Waals surface area contributed by atoms with Gasteiger partial charge >= 0.3 is 0 Å². The van der Waals surface area contributed by atoms with Crippen LogP contribution in [-0.4, -0.2) is 38.1 Å². The molecule has 1 heterocycles. The molecule has 2 nitrogen and oxygen atoms in total. The van der Waals surface area contributed by atoms with E-state index in [4.69, 9.17) is 0 Å². The minimum atomic E-state index is 0.647. The van der Waals surface area contributed by atoms with Crippen molar-refractivity contribution < 1.29 is 0 Å². The highest BCUT2D eigenvalue weighted by Crippen LogP contribution is 2.38. The van der Waals surface area contributed by atoms with Crippen LogP contribution in [0, 0.1) is 11.3 Å². The molecule has 2 fully saturated rings. The molecule has 15 heavy (non-hydrogen) atoms. The van der Waals surface area contributed by atoms with Gasteiger partial charge in [-0.15, -0.1) is 0 Å². The van der Waals surface area contributed by atoms with E-state index in [1.807, 2.05) is 0 Å². The molecule has 1 aliphatic carbocycles. The van der Waals surface area contributed by atoms with E-state index in [9.17, 15) is 0 Å². The summed E-state index contributed by atoms with van der Waals surface area (Å²) in [5.74, 6) is 0.903. The summed E-state index contributed by atoms with van der Waals surface area (Å²) in [5.41, 5.74) is 0.647. The molecule has 0 aromatic heterocycles. The largest absolute Gasteiger partial charge is 0.319 e. The van der Waals surface area contributed by atoms with Crippen LogP contribution >= 0.6 is 0 Å². The van der Waals surface area contributed by atoms with Crippen molar-refractivity contribution >= 4 is 0 Å². The molecule has 2 rings (SSSR count). The summed E-state index contributed by atoms with van der Waals surface area (Å²) in [5, 5.41) is 3.31. The van der Waals surface area contributed by atoms with Gasteiger partial charge in [-0.05, 0) is 50.7 Å². The quantitative estimate of drug-likeness (QED) is 0.764. The normalized spacial score (nSPS) is 31.2. The average molecular weight is 210 g/mol.